The number of oxazole rings is 1. The third-order valence-corrected chi connectivity index (χ3v) is 4.87. The van der Waals surface area contributed by atoms with E-state index in [1.807, 2.05) is 0 Å². The molecule has 3 aromatic rings. The zero-order valence-electron chi connectivity index (χ0n) is 16.8. The Kier molecular flexibility index (Phi) is 7.46. The minimum absolute atomic E-state index is 0.0204. The zero-order chi connectivity index (χ0) is 23.3. The van der Waals surface area contributed by atoms with Gasteiger partial charge < -0.3 is 29.8 Å². The van der Waals surface area contributed by atoms with Crippen molar-refractivity contribution in [3.05, 3.63) is 57.5 Å². The number of rotatable bonds is 10. The molecule has 32 heavy (non-hydrogen) atoms. The molecule has 10 nitrogen and oxygen atoms in total. The van der Waals surface area contributed by atoms with Crippen LogP contribution in [-0.2, 0) is 22.7 Å². The number of pyridine rings is 1. The number of hydrogen-bond donors (Lipinski definition) is 3. The maximum absolute atomic E-state index is 12.9. The fourth-order valence-electron chi connectivity index (χ4n) is 2.67. The Labute approximate surface area is 185 Å². The van der Waals surface area contributed by atoms with E-state index >= 15 is 0 Å². The molecule has 0 fully saturated rings. The number of aliphatic hydroxyl groups excluding tert-OH is 2. The molecule has 3 rings (SSSR count). The molecule has 0 saturated heterocycles. The third-order valence-electron chi connectivity index (χ3n) is 4.58. The minimum atomic E-state index is -1.44. The van der Waals surface area contributed by atoms with Gasteiger partial charge in [-0.05, 0) is 18.2 Å². The number of nitrogens with two attached hydrogens (primary N) is 1. The first-order valence-electron chi connectivity index (χ1n) is 9.47. The van der Waals surface area contributed by atoms with Crippen LogP contribution in [-0.4, -0.2) is 51.1 Å². The van der Waals surface area contributed by atoms with Crippen LogP contribution < -0.4 is 16.2 Å². The normalized spacial score (nSPS) is 11.7. The average Bonchev–Trinajstić information content (AvgIpc) is 3.09. The summed E-state index contributed by atoms with van der Waals surface area (Å²) in [7, 11) is 0. The van der Waals surface area contributed by atoms with Gasteiger partial charge >= 0.3 is 11.7 Å². The van der Waals surface area contributed by atoms with Crippen molar-refractivity contribution in [2.75, 3.05) is 19.8 Å². The standard InChI is InChI=1S/C20H21ClFN3O7/c21-14-5-15-17(6-16(14)30-8-13-2-1-12(22)7-24-13)32-19(29)25(15)4-3-18(28)31-11-20(23,9-26)10-27/h1-2,5-7,26-27H,3-4,8-11,23H2. The van der Waals surface area contributed by atoms with Crippen molar-refractivity contribution in [2.24, 2.45) is 5.73 Å². The van der Waals surface area contributed by atoms with Gasteiger partial charge in [-0.15, -0.1) is 0 Å². The number of nitrogens with zero attached hydrogens (tertiary/aromatic N) is 2. The van der Waals surface area contributed by atoms with Gasteiger partial charge in [-0.3, -0.25) is 14.3 Å². The molecule has 0 aliphatic carbocycles. The number of aryl methyl sites for hydroxylation is 1. The number of fused-ring (bicyclic) bond motifs is 1. The molecule has 2 aromatic heterocycles. The first-order chi connectivity index (χ1) is 15.2. The molecule has 0 bridgehead atoms. The maximum atomic E-state index is 12.9. The highest BCUT2D eigenvalue weighted by molar-refractivity contribution is 6.32. The molecule has 0 radical (unpaired) electrons. The third kappa shape index (κ3) is 5.62. The van der Waals surface area contributed by atoms with Crippen molar-refractivity contribution < 1.29 is 33.3 Å². The van der Waals surface area contributed by atoms with Gasteiger partial charge in [0.05, 0.1) is 47.6 Å². The molecule has 1 aromatic carbocycles. The Bertz CT molecular complexity index is 1140. The number of hydrogen-bond acceptors (Lipinski definition) is 9. The van der Waals surface area contributed by atoms with Gasteiger partial charge in [0.25, 0.3) is 0 Å². The van der Waals surface area contributed by atoms with Crippen LogP contribution >= 0.6 is 11.6 Å². The van der Waals surface area contributed by atoms with E-state index < -0.39 is 36.3 Å². The summed E-state index contributed by atoms with van der Waals surface area (Å²) in [5, 5.41) is 18.4. The van der Waals surface area contributed by atoms with Gasteiger partial charge in [0, 0.05) is 12.6 Å². The van der Waals surface area contributed by atoms with E-state index in [0.29, 0.717) is 11.2 Å². The number of halogens is 2. The highest BCUT2D eigenvalue weighted by Crippen LogP contribution is 2.30. The summed E-state index contributed by atoms with van der Waals surface area (Å²) in [4.78, 5) is 28.1. The summed E-state index contributed by atoms with van der Waals surface area (Å²) in [5.74, 6) is -1.62. The number of aromatic nitrogens is 2. The van der Waals surface area contributed by atoms with Gasteiger partial charge in [0.2, 0.25) is 0 Å². The van der Waals surface area contributed by atoms with E-state index in [1.54, 1.807) is 0 Å². The van der Waals surface area contributed by atoms with Gasteiger partial charge in [0.1, 0.15) is 24.8 Å². The Morgan fingerprint density at radius 2 is 2.06 bits per heavy atom. The summed E-state index contributed by atoms with van der Waals surface area (Å²) in [6.45, 7) is -1.55. The first-order valence-corrected chi connectivity index (χ1v) is 9.85. The van der Waals surface area contributed by atoms with Crippen molar-refractivity contribution in [3.63, 3.8) is 0 Å². The molecule has 0 saturated carbocycles. The smallest absolute Gasteiger partial charge is 0.419 e. The lowest BCUT2D eigenvalue weighted by Gasteiger charge is -2.23. The fourth-order valence-corrected chi connectivity index (χ4v) is 2.88. The summed E-state index contributed by atoms with van der Waals surface area (Å²) in [6, 6.07) is 5.61. The highest BCUT2D eigenvalue weighted by Gasteiger charge is 2.25. The van der Waals surface area contributed by atoms with E-state index in [9.17, 15) is 14.0 Å². The van der Waals surface area contributed by atoms with Crippen LogP contribution in [0.2, 0.25) is 5.02 Å². The predicted octanol–water partition coefficient (Wildman–Crippen LogP) is 0.976. The Hall–Kier alpha value is -2.99. The molecule has 0 aliphatic heterocycles. The summed E-state index contributed by atoms with van der Waals surface area (Å²) >= 11 is 6.26. The SMILES string of the molecule is NC(CO)(CO)COC(=O)CCn1c(=O)oc2cc(OCc3ccc(F)cn3)c(Cl)cc21. The Balaban J connectivity index is 1.67. The quantitative estimate of drug-likeness (QED) is 0.369. The van der Waals surface area contributed by atoms with E-state index in [-0.39, 0.29) is 42.5 Å². The molecule has 0 aliphatic rings. The minimum Gasteiger partial charge on any atom is -0.486 e. The topological polar surface area (TPSA) is 150 Å². The second-order valence-electron chi connectivity index (χ2n) is 7.12. The van der Waals surface area contributed by atoms with E-state index in [0.717, 1.165) is 6.20 Å². The van der Waals surface area contributed by atoms with Gasteiger partial charge in [-0.25, -0.2) is 9.18 Å². The van der Waals surface area contributed by atoms with Crippen LogP contribution in [0.15, 0.2) is 39.7 Å². The molecule has 0 amide bonds. The van der Waals surface area contributed by atoms with Crippen molar-refractivity contribution in [2.45, 2.75) is 25.1 Å². The van der Waals surface area contributed by atoms with Crippen LogP contribution in [0.1, 0.15) is 12.1 Å². The number of carbonyl (C=O) groups is 1. The Morgan fingerprint density at radius 3 is 2.72 bits per heavy atom. The largest absolute Gasteiger partial charge is 0.486 e. The average molecular weight is 470 g/mol. The molecule has 0 spiro atoms. The predicted molar refractivity (Wildman–Crippen MR) is 111 cm³/mol. The molecule has 0 unspecified atom stereocenters. The van der Waals surface area contributed by atoms with Gasteiger partial charge in [-0.2, -0.15) is 0 Å². The van der Waals surface area contributed by atoms with E-state index in [4.69, 9.17) is 41.4 Å². The Morgan fingerprint density at radius 1 is 1.31 bits per heavy atom. The lowest BCUT2D eigenvalue weighted by molar-refractivity contribution is -0.146. The summed E-state index contributed by atoms with van der Waals surface area (Å²) < 4.78 is 29.9. The number of aliphatic hydroxyl groups is 2. The second kappa shape index (κ2) is 10.1. The van der Waals surface area contributed by atoms with Gasteiger partial charge in [-0.1, -0.05) is 11.6 Å². The number of carbonyl (C=O) groups excluding carboxylic acids is 1. The van der Waals surface area contributed by atoms with Crippen LogP contribution in [0.3, 0.4) is 0 Å². The monoisotopic (exact) mass is 469 g/mol. The molecule has 0 atom stereocenters. The van der Waals surface area contributed by atoms with Crippen LogP contribution in [0, 0.1) is 5.82 Å². The molecule has 4 N–H and O–H groups in total. The maximum Gasteiger partial charge on any atom is 0.419 e. The van der Waals surface area contributed by atoms with Crippen LogP contribution in [0.5, 0.6) is 5.75 Å². The summed E-state index contributed by atoms with van der Waals surface area (Å²) in [5.41, 5.74) is 5.21. The molecular weight excluding hydrogens is 449 g/mol. The molecular formula is C20H21ClFN3O7. The number of ether oxygens (including phenoxy) is 2. The van der Waals surface area contributed by atoms with Crippen molar-refractivity contribution in [1.29, 1.82) is 0 Å². The zero-order valence-corrected chi connectivity index (χ0v) is 17.5. The van der Waals surface area contributed by atoms with E-state index in [1.165, 1.54) is 28.8 Å². The highest BCUT2D eigenvalue weighted by atomic mass is 35.5. The summed E-state index contributed by atoms with van der Waals surface area (Å²) in [6.07, 6.45) is 0.877. The molecule has 2 heterocycles. The lowest BCUT2D eigenvalue weighted by atomic mass is 10.1. The van der Waals surface area contributed by atoms with Gasteiger partial charge in [0.15, 0.2) is 5.58 Å². The number of benzene rings is 1. The number of esters is 1. The van der Waals surface area contributed by atoms with Crippen molar-refractivity contribution in [3.8, 4) is 5.75 Å². The van der Waals surface area contributed by atoms with Crippen LogP contribution in [0.25, 0.3) is 11.1 Å². The molecule has 172 valence electrons. The fraction of sp³-hybridized carbons (Fsp3) is 0.350. The second-order valence-corrected chi connectivity index (χ2v) is 7.52. The first kappa shape index (κ1) is 23.7. The van der Waals surface area contributed by atoms with Crippen molar-refractivity contribution >= 4 is 28.7 Å². The molecule has 12 heteroatoms. The van der Waals surface area contributed by atoms with Crippen LogP contribution in [0.4, 0.5) is 4.39 Å². The van der Waals surface area contributed by atoms with Crippen molar-refractivity contribution in [1.82, 2.24) is 9.55 Å². The van der Waals surface area contributed by atoms with E-state index in [2.05, 4.69) is 4.98 Å². The lowest BCUT2D eigenvalue weighted by Crippen LogP contribution is -2.51.